The predicted molar refractivity (Wildman–Crippen MR) is 233 cm³/mol. The van der Waals surface area contributed by atoms with Crippen molar-refractivity contribution in [1.29, 1.82) is 0 Å². The molecule has 1 heterocycles. The Bertz CT molecular complexity index is 2170. The number of Topliss-reactive ketones (excluding diaryl/α,β-unsaturated/α-hetero) is 1. The summed E-state index contributed by atoms with van der Waals surface area (Å²) in [5, 5.41) is 0. The summed E-state index contributed by atoms with van der Waals surface area (Å²) >= 11 is 0. The first-order valence-electron chi connectivity index (χ1n) is 19.8. The van der Waals surface area contributed by atoms with Crippen molar-refractivity contribution in [3.8, 4) is 11.5 Å². The van der Waals surface area contributed by atoms with Crippen LogP contribution < -0.4 is 9.47 Å². The monoisotopic (exact) mass is 848 g/mol. The topological polar surface area (TPSA) is 147 Å². The van der Waals surface area contributed by atoms with Gasteiger partial charge in [-0.05, 0) is 59.5 Å². The van der Waals surface area contributed by atoms with Crippen LogP contribution in [-0.4, -0.2) is 92.1 Å². The van der Waals surface area contributed by atoms with Crippen molar-refractivity contribution in [1.82, 2.24) is 9.80 Å². The number of amides is 2. The number of esters is 2. The standard InChI is InChI=1S/C25H29NO5.C24H27NO6/c1-18-22(27)26(15-19-11-13-21(29-4)14-12-19)25(23(28)30-5,24(18,2)3)17-31-16-20-9-7-6-8-10-20;1-5-22(27)25(15-19-11-13-21(29-3)14-12-19)24(18(2)26,23(28)30-4)17-31-16-20-9-7-6-8-10-20/h6-14H,1,15-17H2,2-5H3;5-14H,1,15-17H2,2-4H3/t;24-/m.1/s1. The molecule has 13 nitrogen and oxygen atoms in total. The second kappa shape index (κ2) is 21.8. The lowest BCUT2D eigenvalue weighted by Crippen LogP contribution is -2.64. The number of nitrogens with zero attached hydrogens (tertiary/aromatic N) is 2. The molecule has 1 aliphatic heterocycles. The lowest BCUT2D eigenvalue weighted by atomic mass is 9.71. The Kier molecular flexibility index (Phi) is 16.9. The summed E-state index contributed by atoms with van der Waals surface area (Å²) in [6.07, 6.45) is 1.06. The normalized spacial score (nSPS) is 16.2. The van der Waals surface area contributed by atoms with Crippen LogP contribution >= 0.6 is 0 Å². The minimum atomic E-state index is -1.96. The molecule has 0 spiro atoms. The summed E-state index contributed by atoms with van der Waals surface area (Å²) in [4.78, 5) is 67.7. The summed E-state index contributed by atoms with van der Waals surface area (Å²) < 4.78 is 32.3. The maximum Gasteiger partial charge on any atom is 0.342 e. The molecular weight excluding hydrogens is 793 g/mol. The van der Waals surface area contributed by atoms with E-state index in [0.717, 1.165) is 27.7 Å². The van der Waals surface area contributed by atoms with Gasteiger partial charge < -0.3 is 38.2 Å². The SMILES string of the molecule is C=C1C(=O)N(Cc2ccc(OC)cc2)C(COCc2ccccc2)(C(=O)OC)C1(C)C.C=CC(=O)N(Cc1ccc(OC)cc1)[C@](COCc1ccccc1)(C(C)=O)C(=O)OC. The second-order valence-corrected chi connectivity index (χ2v) is 15.0. The number of benzene rings is 4. The molecule has 0 aromatic heterocycles. The predicted octanol–water partition coefficient (Wildman–Crippen LogP) is 6.68. The Morgan fingerprint density at radius 3 is 1.66 bits per heavy atom. The molecule has 0 saturated carbocycles. The number of ether oxygens (including phenoxy) is 6. The van der Waals surface area contributed by atoms with E-state index < -0.39 is 40.1 Å². The molecule has 2 atom stereocenters. The van der Waals surface area contributed by atoms with Crippen molar-refractivity contribution < 1.29 is 52.4 Å². The Hall–Kier alpha value is -6.57. The molecule has 0 radical (unpaired) electrons. The summed E-state index contributed by atoms with van der Waals surface area (Å²) in [5.74, 6) is -1.50. The van der Waals surface area contributed by atoms with Gasteiger partial charge in [0.2, 0.25) is 11.4 Å². The summed E-state index contributed by atoms with van der Waals surface area (Å²) in [6.45, 7) is 12.7. The van der Waals surface area contributed by atoms with E-state index in [2.05, 4.69) is 13.2 Å². The molecule has 13 heteroatoms. The van der Waals surface area contributed by atoms with E-state index in [4.69, 9.17) is 28.4 Å². The zero-order chi connectivity index (χ0) is 45.5. The van der Waals surface area contributed by atoms with E-state index in [1.165, 1.54) is 26.0 Å². The number of carbonyl (C=O) groups excluding carboxylic acids is 5. The third-order valence-corrected chi connectivity index (χ3v) is 11.1. The fraction of sp³-hybridized carbons (Fsp3) is 0.327. The van der Waals surface area contributed by atoms with Crippen LogP contribution in [0.5, 0.6) is 11.5 Å². The number of carbonyl (C=O) groups is 5. The highest BCUT2D eigenvalue weighted by molar-refractivity contribution is 6.11. The number of hydrogen-bond donors (Lipinski definition) is 0. The molecule has 1 unspecified atom stereocenters. The summed E-state index contributed by atoms with van der Waals surface area (Å²) in [7, 11) is 5.64. The smallest absolute Gasteiger partial charge is 0.342 e. The molecule has 2 amide bonds. The van der Waals surface area contributed by atoms with E-state index in [9.17, 15) is 24.0 Å². The Morgan fingerprint density at radius 2 is 1.21 bits per heavy atom. The van der Waals surface area contributed by atoms with E-state index in [0.29, 0.717) is 29.2 Å². The molecule has 62 heavy (non-hydrogen) atoms. The molecule has 1 saturated heterocycles. The lowest BCUT2D eigenvalue weighted by Gasteiger charge is -2.43. The first-order chi connectivity index (χ1) is 29.7. The number of rotatable bonds is 19. The largest absolute Gasteiger partial charge is 0.497 e. The van der Waals surface area contributed by atoms with Crippen LogP contribution in [0.3, 0.4) is 0 Å². The molecule has 0 aliphatic carbocycles. The number of methoxy groups -OCH3 is 4. The maximum atomic E-state index is 13.3. The zero-order valence-corrected chi connectivity index (χ0v) is 36.5. The van der Waals surface area contributed by atoms with Gasteiger partial charge in [0.25, 0.3) is 5.91 Å². The van der Waals surface area contributed by atoms with Crippen molar-refractivity contribution in [2.45, 2.75) is 58.2 Å². The van der Waals surface area contributed by atoms with Gasteiger partial charge in [-0.1, -0.05) is 112 Å². The minimum Gasteiger partial charge on any atom is -0.497 e. The van der Waals surface area contributed by atoms with Crippen LogP contribution in [0.25, 0.3) is 0 Å². The van der Waals surface area contributed by atoms with Gasteiger partial charge in [0.1, 0.15) is 11.5 Å². The molecule has 0 N–H and O–H groups in total. The number of hydrogen-bond acceptors (Lipinski definition) is 11. The molecule has 1 aliphatic rings. The highest BCUT2D eigenvalue weighted by Crippen LogP contribution is 2.50. The summed E-state index contributed by atoms with van der Waals surface area (Å²) in [5.41, 5.74) is -0.453. The van der Waals surface area contributed by atoms with E-state index in [1.807, 2.05) is 98.8 Å². The van der Waals surface area contributed by atoms with Gasteiger partial charge in [0.15, 0.2) is 11.3 Å². The maximum absolute atomic E-state index is 13.3. The van der Waals surface area contributed by atoms with Crippen LogP contribution in [-0.2, 0) is 69.2 Å². The van der Waals surface area contributed by atoms with Crippen LogP contribution in [0.1, 0.15) is 43.0 Å². The molecule has 328 valence electrons. The van der Waals surface area contributed by atoms with Gasteiger partial charge in [-0.3, -0.25) is 14.4 Å². The lowest BCUT2D eigenvalue weighted by molar-refractivity contribution is -0.171. The van der Waals surface area contributed by atoms with Gasteiger partial charge in [0.05, 0.1) is 54.9 Å². The highest BCUT2D eigenvalue weighted by atomic mass is 16.5. The van der Waals surface area contributed by atoms with E-state index in [1.54, 1.807) is 38.5 Å². The minimum absolute atomic E-state index is 0.0114. The van der Waals surface area contributed by atoms with Crippen LogP contribution in [0, 0.1) is 5.41 Å². The van der Waals surface area contributed by atoms with Crippen molar-refractivity contribution in [2.24, 2.45) is 5.41 Å². The molecule has 0 bridgehead atoms. The van der Waals surface area contributed by atoms with Gasteiger partial charge in [-0.25, -0.2) is 9.59 Å². The Morgan fingerprint density at radius 1 is 0.710 bits per heavy atom. The zero-order valence-electron chi connectivity index (χ0n) is 36.5. The van der Waals surface area contributed by atoms with Gasteiger partial charge >= 0.3 is 11.9 Å². The molecule has 5 rings (SSSR count). The van der Waals surface area contributed by atoms with Crippen LogP contribution in [0.15, 0.2) is 134 Å². The van der Waals surface area contributed by atoms with E-state index >= 15 is 0 Å². The summed E-state index contributed by atoms with van der Waals surface area (Å²) in [6, 6.07) is 33.3. The first-order valence-corrected chi connectivity index (χ1v) is 19.8. The fourth-order valence-corrected chi connectivity index (χ4v) is 7.22. The van der Waals surface area contributed by atoms with Crippen molar-refractivity contribution in [3.63, 3.8) is 0 Å². The molecule has 4 aromatic rings. The Labute approximate surface area is 363 Å². The quantitative estimate of drug-likeness (QED) is 0.0566. The average molecular weight is 849 g/mol. The fourth-order valence-electron chi connectivity index (χ4n) is 7.22. The highest BCUT2D eigenvalue weighted by Gasteiger charge is 2.66. The van der Waals surface area contributed by atoms with E-state index in [-0.39, 0.29) is 38.8 Å². The third kappa shape index (κ3) is 10.5. The average Bonchev–Trinajstić information content (AvgIpc) is 3.43. The van der Waals surface area contributed by atoms with Crippen LogP contribution in [0.4, 0.5) is 0 Å². The van der Waals surface area contributed by atoms with Crippen molar-refractivity contribution in [2.75, 3.05) is 41.7 Å². The molecule has 1 fully saturated rings. The third-order valence-electron chi connectivity index (χ3n) is 11.1. The van der Waals surface area contributed by atoms with Gasteiger partial charge in [0, 0.05) is 24.1 Å². The molecule has 4 aromatic carbocycles. The van der Waals surface area contributed by atoms with Gasteiger partial charge in [-0.15, -0.1) is 0 Å². The number of likely N-dealkylation sites (tertiary alicyclic amines) is 1. The van der Waals surface area contributed by atoms with Crippen molar-refractivity contribution in [3.05, 3.63) is 156 Å². The Balaban J connectivity index is 0.000000273. The molecular formula is C49H56N2O11. The number of ketones is 1. The first kappa shape index (κ1) is 48.1. The second-order valence-electron chi connectivity index (χ2n) is 15.0. The van der Waals surface area contributed by atoms with Crippen LogP contribution in [0.2, 0.25) is 0 Å². The van der Waals surface area contributed by atoms with Crippen molar-refractivity contribution >= 4 is 29.5 Å². The van der Waals surface area contributed by atoms with Gasteiger partial charge in [-0.2, -0.15) is 0 Å².